The second kappa shape index (κ2) is 9.08. The summed E-state index contributed by atoms with van der Waals surface area (Å²) in [5.41, 5.74) is 0.738. The van der Waals surface area contributed by atoms with Gasteiger partial charge in [0.05, 0.1) is 16.3 Å². The molecule has 0 fully saturated rings. The Kier molecular flexibility index (Phi) is 7.79. The Morgan fingerprint density at radius 1 is 1.05 bits per heavy atom. The molecular weight excluding hydrogens is 282 g/mol. The van der Waals surface area contributed by atoms with Crippen molar-refractivity contribution in [2.24, 2.45) is 5.92 Å². The molecule has 0 aliphatic heterocycles. The van der Waals surface area contributed by atoms with E-state index in [1.807, 2.05) is 12.1 Å². The maximum atomic E-state index is 12.0. The van der Waals surface area contributed by atoms with Gasteiger partial charge in [0.15, 0.2) is 9.84 Å². The third-order valence-corrected chi connectivity index (χ3v) is 5.41. The molecule has 0 unspecified atom stereocenters. The molecule has 0 spiro atoms. The van der Waals surface area contributed by atoms with Crippen LogP contribution in [0.3, 0.4) is 0 Å². The minimum absolute atomic E-state index is 0.140. The Hall–Kier alpha value is -1.03. The zero-order valence-corrected chi connectivity index (χ0v) is 14.4. The summed E-state index contributed by atoms with van der Waals surface area (Å²) in [6.07, 6.45) is 6.12. The second-order valence-electron chi connectivity index (χ2n) is 5.92. The van der Waals surface area contributed by atoms with Crippen LogP contribution >= 0.6 is 0 Å². The van der Waals surface area contributed by atoms with E-state index in [1.165, 1.54) is 25.7 Å². The van der Waals surface area contributed by atoms with Crippen LogP contribution in [0.4, 0.5) is 5.69 Å². The summed E-state index contributed by atoms with van der Waals surface area (Å²) in [7, 11) is -3.15. The summed E-state index contributed by atoms with van der Waals surface area (Å²) in [5, 5.41) is 3.27. The predicted octanol–water partition coefficient (Wildman–Crippen LogP) is 4.50. The topological polar surface area (TPSA) is 46.2 Å². The molecule has 0 aliphatic rings. The highest BCUT2D eigenvalue weighted by Gasteiger charge is 2.15. The quantitative estimate of drug-likeness (QED) is 0.647. The molecule has 3 nitrogen and oxygen atoms in total. The van der Waals surface area contributed by atoms with Gasteiger partial charge in [-0.3, -0.25) is 0 Å². The lowest BCUT2D eigenvalue weighted by Crippen LogP contribution is -2.10. The lowest BCUT2D eigenvalue weighted by atomic mass is 10.0. The van der Waals surface area contributed by atoms with Gasteiger partial charge in [0.2, 0.25) is 0 Å². The molecule has 0 heterocycles. The monoisotopic (exact) mass is 311 g/mol. The number of para-hydroxylation sites is 1. The van der Waals surface area contributed by atoms with E-state index in [2.05, 4.69) is 19.2 Å². The number of hydrogen-bond acceptors (Lipinski definition) is 3. The number of anilines is 1. The van der Waals surface area contributed by atoms with Crippen molar-refractivity contribution < 1.29 is 8.42 Å². The van der Waals surface area contributed by atoms with Gasteiger partial charge in [0.25, 0.3) is 0 Å². The number of nitrogens with one attached hydrogen (secondary N) is 1. The van der Waals surface area contributed by atoms with Crippen LogP contribution in [0.1, 0.15) is 52.9 Å². The lowest BCUT2D eigenvalue weighted by Gasteiger charge is -2.11. The van der Waals surface area contributed by atoms with E-state index < -0.39 is 9.84 Å². The Bertz CT molecular complexity index is 509. The SMILES string of the molecule is CCS(=O)(=O)c1ccccc1NCCCCCCC(C)C. The molecule has 4 heteroatoms. The van der Waals surface area contributed by atoms with Crippen molar-refractivity contribution in [1.82, 2.24) is 0 Å². The Balaban J connectivity index is 2.39. The van der Waals surface area contributed by atoms with Gasteiger partial charge >= 0.3 is 0 Å². The first-order valence-electron chi connectivity index (χ1n) is 8.03. The Morgan fingerprint density at radius 2 is 1.71 bits per heavy atom. The summed E-state index contributed by atoms with van der Waals surface area (Å²) >= 11 is 0. The van der Waals surface area contributed by atoms with Crippen LogP contribution in [0.25, 0.3) is 0 Å². The molecule has 120 valence electrons. The first kappa shape index (κ1) is 18.0. The van der Waals surface area contributed by atoms with Gasteiger partial charge in [-0.2, -0.15) is 0 Å². The molecule has 1 aromatic rings. The number of rotatable bonds is 10. The minimum atomic E-state index is -3.15. The summed E-state index contributed by atoms with van der Waals surface area (Å²) in [6, 6.07) is 7.18. The van der Waals surface area contributed by atoms with E-state index in [0.717, 1.165) is 24.6 Å². The molecule has 0 aromatic heterocycles. The number of sulfone groups is 1. The fraction of sp³-hybridized carbons (Fsp3) is 0.647. The minimum Gasteiger partial charge on any atom is -0.384 e. The van der Waals surface area contributed by atoms with Crippen LogP contribution in [0.15, 0.2) is 29.2 Å². The molecule has 0 saturated carbocycles. The zero-order chi connectivity index (χ0) is 15.7. The van der Waals surface area contributed by atoms with Crippen molar-refractivity contribution in [1.29, 1.82) is 0 Å². The van der Waals surface area contributed by atoms with Crippen molar-refractivity contribution in [3.05, 3.63) is 24.3 Å². The molecule has 0 radical (unpaired) electrons. The molecule has 0 aliphatic carbocycles. The molecule has 1 rings (SSSR count). The fourth-order valence-corrected chi connectivity index (χ4v) is 3.37. The Labute approximate surface area is 130 Å². The molecule has 0 atom stereocenters. The number of benzene rings is 1. The van der Waals surface area contributed by atoms with Crippen LogP contribution < -0.4 is 5.32 Å². The molecule has 0 saturated heterocycles. The summed E-state index contributed by atoms with van der Waals surface area (Å²) in [5.74, 6) is 0.926. The highest BCUT2D eigenvalue weighted by atomic mass is 32.2. The molecular formula is C17H29NO2S. The Morgan fingerprint density at radius 3 is 2.38 bits per heavy atom. The molecule has 21 heavy (non-hydrogen) atoms. The maximum Gasteiger partial charge on any atom is 0.180 e. The number of hydrogen-bond donors (Lipinski definition) is 1. The van der Waals surface area contributed by atoms with Crippen LogP contribution in [-0.2, 0) is 9.84 Å². The molecule has 0 amide bonds. The summed E-state index contributed by atoms with van der Waals surface area (Å²) < 4.78 is 24.0. The van der Waals surface area contributed by atoms with Crippen molar-refractivity contribution in [3.8, 4) is 0 Å². The van der Waals surface area contributed by atoms with Gasteiger partial charge < -0.3 is 5.32 Å². The highest BCUT2D eigenvalue weighted by molar-refractivity contribution is 7.91. The van der Waals surface area contributed by atoms with E-state index in [9.17, 15) is 8.42 Å². The summed E-state index contributed by atoms with van der Waals surface area (Å²) in [6.45, 7) is 7.03. The lowest BCUT2D eigenvalue weighted by molar-refractivity contribution is 0.523. The molecule has 0 bridgehead atoms. The standard InChI is InChI=1S/C17H29NO2S/c1-4-21(19,20)17-13-9-8-12-16(17)18-14-10-6-5-7-11-15(2)3/h8-9,12-13,15,18H,4-7,10-11,14H2,1-3H3. The van der Waals surface area contributed by atoms with Crippen LogP contribution in [0.2, 0.25) is 0 Å². The fourth-order valence-electron chi connectivity index (χ4n) is 2.29. The third-order valence-electron chi connectivity index (χ3n) is 3.63. The zero-order valence-electron chi connectivity index (χ0n) is 13.6. The van der Waals surface area contributed by atoms with E-state index in [1.54, 1.807) is 19.1 Å². The summed E-state index contributed by atoms with van der Waals surface area (Å²) in [4.78, 5) is 0.423. The van der Waals surface area contributed by atoms with Crippen molar-refractivity contribution in [3.63, 3.8) is 0 Å². The maximum absolute atomic E-state index is 12.0. The number of unbranched alkanes of at least 4 members (excludes halogenated alkanes) is 3. The van der Waals surface area contributed by atoms with Crippen LogP contribution in [0, 0.1) is 5.92 Å². The average Bonchev–Trinajstić information content (AvgIpc) is 2.46. The predicted molar refractivity (Wildman–Crippen MR) is 90.6 cm³/mol. The van der Waals surface area contributed by atoms with Crippen LogP contribution in [-0.4, -0.2) is 20.7 Å². The molecule has 1 N–H and O–H groups in total. The van der Waals surface area contributed by atoms with E-state index >= 15 is 0 Å². The van der Waals surface area contributed by atoms with E-state index in [0.29, 0.717) is 4.90 Å². The van der Waals surface area contributed by atoms with Gasteiger partial charge in [-0.25, -0.2) is 8.42 Å². The normalized spacial score (nSPS) is 11.8. The smallest absolute Gasteiger partial charge is 0.180 e. The van der Waals surface area contributed by atoms with Gasteiger partial charge in [-0.05, 0) is 24.5 Å². The van der Waals surface area contributed by atoms with Gasteiger partial charge in [-0.15, -0.1) is 0 Å². The van der Waals surface area contributed by atoms with Gasteiger partial charge in [0.1, 0.15) is 0 Å². The van der Waals surface area contributed by atoms with Crippen LogP contribution in [0.5, 0.6) is 0 Å². The average molecular weight is 311 g/mol. The first-order chi connectivity index (χ1) is 9.97. The highest BCUT2D eigenvalue weighted by Crippen LogP contribution is 2.22. The van der Waals surface area contributed by atoms with Crippen molar-refractivity contribution >= 4 is 15.5 Å². The van der Waals surface area contributed by atoms with Crippen molar-refractivity contribution in [2.45, 2.75) is 57.8 Å². The first-order valence-corrected chi connectivity index (χ1v) is 9.68. The van der Waals surface area contributed by atoms with E-state index in [-0.39, 0.29) is 5.75 Å². The van der Waals surface area contributed by atoms with Gasteiger partial charge in [0, 0.05) is 6.54 Å². The van der Waals surface area contributed by atoms with Crippen molar-refractivity contribution in [2.75, 3.05) is 17.6 Å². The van der Waals surface area contributed by atoms with Gasteiger partial charge in [-0.1, -0.05) is 58.6 Å². The largest absolute Gasteiger partial charge is 0.384 e. The second-order valence-corrected chi connectivity index (χ2v) is 8.17. The molecule has 1 aromatic carbocycles. The third kappa shape index (κ3) is 6.51. The van der Waals surface area contributed by atoms with E-state index in [4.69, 9.17) is 0 Å².